The van der Waals surface area contributed by atoms with Gasteiger partial charge >= 0.3 is 0 Å². The third kappa shape index (κ3) is 5.37. The van der Waals surface area contributed by atoms with Crippen LogP contribution in [0.1, 0.15) is 25.1 Å². The Morgan fingerprint density at radius 1 is 1.19 bits per heavy atom. The van der Waals surface area contributed by atoms with Gasteiger partial charge in [-0.15, -0.1) is 0 Å². The van der Waals surface area contributed by atoms with Gasteiger partial charge in [-0.2, -0.15) is 0 Å². The zero-order valence-corrected chi connectivity index (χ0v) is 13.2. The molecule has 1 N–H and O–H groups in total. The van der Waals surface area contributed by atoms with Gasteiger partial charge < -0.3 is 10.1 Å². The number of aromatic nitrogens is 1. The van der Waals surface area contributed by atoms with Crippen LogP contribution in [0.3, 0.4) is 0 Å². The third-order valence-corrected chi connectivity index (χ3v) is 3.29. The normalized spacial score (nSPS) is 10.9. The molecule has 2 rings (SSSR count). The molecular weight excluding hydrogens is 284 g/mol. The first kappa shape index (κ1) is 15.8. The van der Waals surface area contributed by atoms with Crippen LogP contribution >= 0.6 is 11.6 Å². The van der Waals surface area contributed by atoms with Crippen molar-refractivity contribution in [3.05, 3.63) is 58.9 Å². The van der Waals surface area contributed by atoms with Crippen molar-refractivity contribution in [1.82, 2.24) is 10.3 Å². The van der Waals surface area contributed by atoms with E-state index in [1.165, 1.54) is 5.56 Å². The van der Waals surface area contributed by atoms with Crippen LogP contribution in [0.25, 0.3) is 0 Å². The Morgan fingerprint density at radius 2 is 2.00 bits per heavy atom. The lowest BCUT2D eigenvalue weighted by atomic mass is 10.2. The summed E-state index contributed by atoms with van der Waals surface area (Å²) in [7, 11) is 0. The van der Waals surface area contributed by atoms with E-state index in [2.05, 4.69) is 30.2 Å². The fraction of sp³-hybridized carbons (Fsp3) is 0.353. The molecule has 0 unspecified atom stereocenters. The summed E-state index contributed by atoms with van der Waals surface area (Å²) in [5, 5.41) is 4.01. The molecule has 0 spiro atoms. The molecule has 0 aliphatic heterocycles. The van der Waals surface area contributed by atoms with Crippen LogP contribution in [-0.4, -0.2) is 11.5 Å². The second-order valence-electron chi connectivity index (χ2n) is 5.40. The molecule has 1 aromatic heterocycles. The molecular formula is C17H21ClN2O. The van der Waals surface area contributed by atoms with E-state index < -0.39 is 0 Å². The lowest BCUT2D eigenvalue weighted by molar-refractivity contribution is 0.301. The Labute approximate surface area is 131 Å². The molecule has 1 aromatic carbocycles. The zero-order chi connectivity index (χ0) is 15.1. The number of benzene rings is 1. The average Bonchev–Trinajstić information content (AvgIpc) is 2.47. The third-order valence-electron chi connectivity index (χ3n) is 2.98. The summed E-state index contributed by atoms with van der Waals surface area (Å²) in [4.78, 5) is 4.41. The Balaban J connectivity index is 1.84. The fourth-order valence-electron chi connectivity index (χ4n) is 1.86. The molecule has 1 heterocycles. The molecule has 0 saturated carbocycles. The molecule has 3 nitrogen and oxygen atoms in total. The first-order valence-electron chi connectivity index (χ1n) is 7.17. The number of para-hydroxylation sites is 1. The van der Waals surface area contributed by atoms with Crippen LogP contribution in [0.15, 0.2) is 42.6 Å². The van der Waals surface area contributed by atoms with Gasteiger partial charge in [0.2, 0.25) is 0 Å². The summed E-state index contributed by atoms with van der Waals surface area (Å²) in [6.07, 6.45) is 1.89. The van der Waals surface area contributed by atoms with E-state index in [1.807, 2.05) is 36.5 Å². The minimum atomic E-state index is 0.420. The highest BCUT2D eigenvalue weighted by Gasteiger charge is 2.02. The van der Waals surface area contributed by atoms with Gasteiger partial charge in [0, 0.05) is 12.7 Å². The molecule has 0 atom stereocenters. The number of halogens is 1. The van der Waals surface area contributed by atoms with Gasteiger partial charge in [0.05, 0.1) is 10.7 Å². The van der Waals surface area contributed by atoms with E-state index in [4.69, 9.17) is 16.3 Å². The van der Waals surface area contributed by atoms with Crippen molar-refractivity contribution < 1.29 is 4.74 Å². The van der Waals surface area contributed by atoms with E-state index >= 15 is 0 Å². The molecule has 0 fully saturated rings. The number of ether oxygens (including phenoxy) is 1. The zero-order valence-electron chi connectivity index (χ0n) is 12.5. The van der Waals surface area contributed by atoms with Crippen LogP contribution in [0, 0.1) is 5.92 Å². The minimum absolute atomic E-state index is 0.420. The summed E-state index contributed by atoms with van der Waals surface area (Å²) < 4.78 is 5.67. The number of hydrogen-bond donors (Lipinski definition) is 1. The standard InChI is InChI=1S/C17H21ClN2O/c1-13(2)9-19-10-14-7-8-15(20-11-14)12-21-17-6-4-3-5-16(17)18/h3-8,11,13,19H,9-10,12H2,1-2H3. The van der Waals surface area contributed by atoms with E-state index in [-0.39, 0.29) is 0 Å². The molecule has 112 valence electrons. The average molecular weight is 305 g/mol. The number of pyridine rings is 1. The fourth-order valence-corrected chi connectivity index (χ4v) is 2.05. The molecule has 0 aliphatic rings. The maximum absolute atomic E-state index is 6.04. The second-order valence-corrected chi connectivity index (χ2v) is 5.81. The summed E-state index contributed by atoms with van der Waals surface area (Å²) >= 11 is 6.04. The summed E-state index contributed by atoms with van der Waals surface area (Å²) in [6, 6.07) is 11.5. The van der Waals surface area contributed by atoms with Crippen molar-refractivity contribution in [3.63, 3.8) is 0 Å². The molecule has 0 amide bonds. The van der Waals surface area contributed by atoms with Crippen LogP contribution in [-0.2, 0) is 13.2 Å². The molecule has 0 radical (unpaired) electrons. The number of hydrogen-bond acceptors (Lipinski definition) is 3. The quantitative estimate of drug-likeness (QED) is 0.837. The summed E-state index contributed by atoms with van der Waals surface area (Å²) in [6.45, 7) is 6.67. The SMILES string of the molecule is CC(C)CNCc1ccc(COc2ccccc2Cl)nc1. The maximum Gasteiger partial charge on any atom is 0.138 e. The predicted molar refractivity (Wildman–Crippen MR) is 86.6 cm³/mol. The topological polar surface area (TPSA) is 34.1 Å². The van der Waals surface area contributed by atoms with E-state index in [9.17, 15) is 0 Å². The molecule has 0 bridgehead atoms. The molecule has 21 heavy (non-hydrogen) atoms. The van der Waals surface area contributed by atoms with E-state index in [0.717, 1.165) is 18.8 Å². The number of nitrogens with zero attached hydrogens (tertiary/aromatic N) is 1. The van der Waals surface area contributed by atoms with Crippen LogP contribution < -0.4 is 10.1 Å². The molecule has 4 heteroatoms. The van der Waals surface area contributed by atoms with Gasteiger partial charge in [0.1, 0.15) is 12.4 Å². The van der Waals surface area contributed by atoms with Gasteiger partial charge in [0.25, 0.3) is 0 Å². The lowest BCUT2D eigenvalue weighted by Gasteiger charge is -2.09. The number of rotatable bonds is 7. The highest BCUT2D eigenvalue weighted by molar-refractivity contribution is 6.32. The van der Waals surface area contributed by atoms with Gasteiger partial charge in [0.15, 0.2) is 0 Å². The van der Waals surface area contributed by atoms with Crippen molar-refractivity contribution in [3.8, 4) is 5.75 Å². The van der Waals surface area contributed by atoms with Gasteiger partial charge in [-0.05, 0) is 36.2 Å². The lowest BCUT2D eigenvalue weighted by Crippen LogP contribution is -2.19. The van der Waals surface area contributed by atoms with Gasteiger partial charge in [-0.3, -0.25) is 4.98 Å². The monoisotopic (exact) mass is 304 g/mol. The van der Waals surface area contributed by atoms with Gasteiger partial charge in [-0.25, -0.2) is 0 Å². The van der Waals surface area contributed by atoms with Crippen molar-refractivity contribution in [1.29, 1.82) is 0 Å². The minimum Gasteiger partial charge on any atom is -0.486 e. The van der Waals surface area contributed by atoms with Crippen molar-refractivity contribution in [2.75, 3.05) is 6.54 Å². The van der Waals surface area contributed by atoms with E-state index in [1.54, 1.807) is 0 Å². The van der Waals surface area contributed by atoms with Crippen LogP contribution in [0.4, 0.5) is 0 Å². The Hall–Kier alpha value is -1.58. The highest BCUT2D eigenvalue weighted by Crippen LogP contribution is 2.23. The van der Waals surface area contributed by atoms with Crippen LogP contribution in [0.2, 0.25) is 5.02 Å². The Kier molecular flexibility index (Phi) is 6.03. The molecule has 0 saturated heterocycles. The Bertz CT molecular complexity index is 555. The van der Waals surface area contributed by atoms with Crippen LogP contribution in [0.5, 0.6) is 5.75 Å². The summed E-state index contributed by atoms with van der Waals surface area (Å²) in [5.74, 6) is 1.34. The van der Waals surface area contributed by atoms with Crippen molar-refractivity contribution >= 4 is 11.6 Å². The highest BCUT2D eigenvalue weighted by atomic mass is 35.5. The van der Waals surface area contributed by atoms with Gasteiger partial charge in [-0.1, -0.05) is 43.6 Å². The van der Waals surface area contributed by atoms with Crippen molar-refractivity contribution in [2.45, 2.75) is 27.0 Å². The number of nitrogens with one attached hydrogen (secondary N) is 1. The molecule has 2 aromatic rings. The first-order valence-corrected chi connectivity index (χ1v) is 7.55. The largest absolute Gasteiger partial charge is 0.486 e. The Morgan fingerprint density at radius 3 is 2.67 bits per heavy atom. The van der Waals surface area contributed by atoms with Crippen molar-refractivity contribution in [2.24, 2.45) is 5.92 Å². The smallest absolute Gasteiger partial charge is 0.138 e. The van der Waals surface area contributed by atoms with E-state index in [0.29, 0.717) is 23.3 Å². The molecule has 0 aliphatic carbocycles. The predicted octanol–water partition coefficient (Wildman–Crippen LogP) is 4.06. The first-order chi connectivity index (χ1) is 10.1. The summed E-state index contributed by atoms with van der Waals surface area (Å²) in [5.41, 5.74) is 2.07. The second kappa shape index (κ2) is 8.01. The maximum atomic E-state index is 6.04.